The summed E-state index contributed by atoms with van der Waals surface area (Å²) in [6.45, 7) is 0.564. The van der Waals surface area contributed by atoms with Crippen LogP contribution in [0.25, 0.3) is 0 Å². The van der Waals surface area contributed by atoms with Gasteiger partial charge in [-0.25, -0.2) is 0 Å². The Morgan fingerprint density at radius 1 is 1.30 bits per heavy atom. The highest BCUT2D eigenvalue weighted by molar-refractivity contribution is 6.00. The number of hydrogen-bond donors (Lipinski definition) is 2. The van der Waals surface area contributed by atoms with Gasteiger partial charge >= 0.3 is 0 Å². The van der Waals surface area contributed by atoms with Crippen molar-refractivity contribution in [2.75, 3.05) is 26.5 Å². The van der Waals surface area contributed by atoms with Crippen LogP contribution < -0.4 is 20.5 Å². The van der Waals surface area contributed by atoms with E-state index in [1.165, 1.54) is 14.2 Å². The van der Waals surface area contributed by atoms with E-state index >= 15 is 0 Å². The van der Waals surface area contributed by atoms with Gasteiger partial charge in [0.05, 0.1) is 19.8 Å². The Hall–Kier alpha value is -2.35. The Kier molecular flexibility index (Phi) is 6.24. The minimum atomic E-state index is -0.232. The molecule has 0 fully saturated rings. The zero-order valence-corrected chi connectivity index (χ0v) is 11.9. The number of nitrogens with one attached hydrogen (secondary N) is 1. The monoisotopic (exact) mass is 276 g/mol. The lowest BCUT2D eigenvalue weighted by Gasteiger charge is -2.12. The lowest BCUT2D eigenvalue weighted by molar-refractivity contribution is 0.0953. The van der Waals surface area contributed by atoms with Crippen molar-refractivity contribution in [3.8, 4) is 23.8 Å². The van der Waals surface area contributed by atoms with Crippen molar-refractivity contribution in [1.29, 1.82) is 0 Å². The summed E-state index contributed by atoms with van der Waals surface area (Å²) in [6.07, 6.45) is 7.60. The van der Waals surface area contributed by atoms with Gasteiger partial charge in [-0.3, -0.25) is 4.79 Å². The molecule has 0 spiro atoms. The molecule has 0 aliphatic carbocycles. The molecule has 1 amide bonds. The molecule has 1 aromatic carbocycles. The predicted octanol–water partition coefficient (Wildman–Crippen LogP) is 1.82. The quantitative estimate of drug-likeness (QED) is 0.452. The first-order valence-corrected chi connectivity index (χ1v) is 6.37. The maximum Gasteiger partial charge on any atom is 0.253 e. The molecule has 0 heterocycles. The van der Waals surface area contributed by atoms with Gasteiger partial charge < -0.3 is 20.5 Å². The van der Waals surface area contributed by atoms with Crippen LogP contribution in [0.3, 0.4) is 0 Å². The Morgan fingerprint density at radius 2 is 1.95 bits per heavy atom. The smallest absolute Gasteiger partial charge is 0.253 e. The van der Waals surface area contributed by atoms with Gasteiger partial charge in [-0.1, -0.05) is 0 Å². The molecule has 0 unspecified atom stereocenters. The van der Waals surface area contributed by atoms with E-state index in [4.69, 9.17) is 21.6 Å². The third-order valence-corrected chi connectivity index (χ3v) is 2.83. The summed E-state index contributed by atoms with van der Waals surface area (Å²) >= 11 is 0. The summed E-state index contributed by atoms with van der Waals surface area (Å²) in [4.78, 5) is 12.0. The molecule has 0 atom stereocenters. The molecule has 0 aliphatic heterocycles. The number of ether oxygens (including phenoxy) is 2. The molecule has 3 N–H and O–H groups in total. The Labute approximate surface area is 119 Å². The summed E-state index contributed by atoms with van der Waals surface area (Å²) in [5, 5.41) is 2.80. The Bertz CT molecular complexity index is 507. The van der Waals surface area contributed by atoms with Gasteiger partial charge in [-0.05, 0) is 18.9 Å². The van der Waals surface area contributed by atoms with Crippen molar-refractivity contribution in [2.24, 2.45) is 0 Å². The summed E-state index contributed by atoms with van der Waals surface area (Å²) in [5.74, 6) is 3.30. The number of nitrogen functional groups attached to an aromatic ring is 1. The second kappa shape index (κ2) is 7.95. The fourth-order valence-corrected chi connectivity index (χ4v) is 1.74. The van der Waals surface area contributed by atoms with Gasteiger partial charge in [0.15, 0.2) is 11.5 Å². The normalized spacial score (nSPS) is 9.65. The van der Waals surface area contributed by atoms with E-state index in [0.29, 0.717) is 35.7 Å². The molecular weight excluding hydrogens is 256 g/mol. The average molecular weight is 276 g/mol. The molecule has 0 saturated carbocycles. The number of rotatable bonds is 7. The molecule has 5 heteroatoms. The maximum absolute atomic E-state index is 12.0. The Balaban J connectivity index is 2.70. The summed E-state index contributed by atoms with van der Waals surface area (Å²) in [6, 6.07) is 3.15. The first kappa shape index (κ1) is 15.7. The van der Waals surface area contributed by atoms with Crippen molar-refractivity contribution in [3.05, 3.63) is 17.7 Å². The number of amides is 1. The fraction of sp³-hybridized carbons (Fsp3) is 0.400. The number of terminal acetylenes is 1. The van der Waals surface area contributed by atoms with Crippen LogP contribution in [0.5, 0.6) is 11.5 Å². The minimum Gasteiger partial charge on any atom is -0.493 e. The van der Waals surface area contributed by atoms with Crippen molar-refractivity contribution in [1.82, 2.24) is 5.32 Å². The molecule has 108 valence electrons. The minimum absolute atomic E-state index is 0.232. The van der Waals surface area contributed by atoms with Gasteiger partial charge in [0.2, 0.25) is 0 Å². The van der Waals surface area contributed by atoms with Gasteiger partial charge in [-0.15, -0.1) is 12.3 Å². The number of carbonyl (C=O) groups is 1. The number of methoxy groups -OCH3 is 2. The van der Waals surface area contributed by atoms with E-state index in [-0.39, 0.29) is 5.91 Å². The van der Waals surface area contributed by atoms with E-state index < -0.39 is 0 Å². The highest BCUT2D eigenvalue weighted by atomic mass is 16.5. The largest absolute Gasteiger partial charge is 0.493 e. The van der Waals surface area contributed by atoms with Gasteiger partial charge in [0.1, 0.15) is 0 Å². The number of benzene rings is 1. The number of nitrogens with two attached hydrogens (primary N) is 1. The van der Waals surface area contributed by atoms with E-state index in [0.717, 1.165) is 12.8 Å². The lowest BCUT2D eigenvalue weighted by Crippen LogP contribution is -2.25. The highest BCUT2D eigenvalue weighted by Gasteiger charge is 2.14. The van der Waals surface area contributed by atoms with E-state index in [1.807, 2.05) is 0 Å². The summed E-state index contributed by atoms with van der Waals surface area (Å²) in [5.41, 5.74) is 6.58. The van der Waals surface area contributed by atoms with Crippen molar-refractivity contribution in [3.63, 3.8) is 0 Å². The van der Waals surface area contributed by atoms with E-state index in [9.17, 15) is 4.79 Å². The first-order valence-electron chi connectivity index (χ1n) is 6.37. The van der Waals surface area contributed by atoms with Crippen LogP contribution in [0, 0.1) is 12.3 Å². The third kappa shape index (κ3) is 4.09. The standard InChI is InChI=1S/C15H20N2O3/c1-4-5-6-7-8-17-15(18)11-9-13(19-2)14(20-3)10-12(11)16/h1,9-10H,5-8,16H2,2-3H3,(H,17,18). The zero-order valence-electron chi connectivity index (χ0n) is 11.9. The van der Waals surface area contributed by atoms with Crippen LogP contribution in [0.15, 0.2) is 12.1 Å². The van der Waals surface area contributed by atoms with Gasteiger partial charge in [0.25, 0.3) is 5.91 Å². The zero-order chi connectivity index (χ0) is 15.0. The Morgan fingerprint density at radius 3 is 2.55 bits per heavy atom. The topological polar surface area (TPSA) is 73.6 Å². The second-order valence-corrected chi connectivity index (χ2v) is 4.21. The SMILES string of the molecule is C#CCCCCNC(=O)c1cc(OC)c(OC)cc1N. The number of hydrogen-bond acceptors (Lipinski definition) is 4. The molecule has 5 nitrogen and oxygen atoms in total. The van der Waals surface area contributed by atoms with Gasteiger partial charge in [0, 0.05) is 24.7 Å². The first-order chi connectivity index (χ1) is 9.63. The van der Waals surface area contributed by atoms with Gasteiger partial charge in [-0.2, -0.15) is 0 Å². The number of carbonyl (C=O) groups excluding carboxylic acids is 1. The van der Waals surface area contributed by atoms with Crippen LogP contribution in [-0.2, 0) is 0 Å². The second-order valence-electron chi connectivity index (χ2n) is 4.21. The number of anilines is 1. The third-order valence-electron chi connectivity index (χ3n) is 2.83. The van der Waals surface area contributed by atoms with E-state index in [1.54, 1.807) is 12.1 Å². The van der Waals surface area contributed by atoms with Crippen LogP contribution in [0.1, 0.15) is 29.6 Å². The van der Waals surface area contributed by atoms with Crippen LogP contribution in [-0.4, -0.2) is 26.7 Å². The fourth-order valence-electron chi connectivity index (χ4n) is 1.74. The predicted molar refractivity (Wildman–Crippen MR) is 79.0 cm³/mol. The van der Waals surface area contributed by atoms with Crippen LogP contribution in [0.2, 0.25) is 0 Å². The molecule has 0 aliphatic rings. The van der Waals surface area contributed by atoms with Crippen LogP contribution in [0.4, 0.5) is 5.69 Å². The molecule has 0 saturated heterocycles. The number of unbranched alkanes of at least 4 members (excludes halogenated alkanes) is 2. The molecule has 1 aromatic rings. The average Bonchev–Trinajstić information content (AvgIpc) is 2.46. The maximum atomic E-state index is 12.0. The van der Waals surface area contributed by atoms with E-state index in [2.05, 4.69) is 11.2 Å². The molecule has 1 rings (SSSR count). The molecule has 0 bridgehead atoms. The van der Waals surface area contributed by atoms with Crippen LogP contribution >= 0.6 is 0 Å². The van der Waals surface area contributed by atoms with Crippen molar-refractivity contribution in [2.45, 2.75) is 19.3 Å². The van der Waals surface area contributed by atoms with Crippen molar-refractivity contribution >= 4 is 11.6 Å². The summed E-state index contributed by atoms with van der Waals surface area (Å²) < 4.78 is 10.3. The molecule has 20 heavy (non-hydrogen) atoms. The molecule has 0 radical (unpaired) electrons. The summed E-state index contributed by atoms with van der Waals surface area (Å²) in [7, 11) is 3.03. The molecule has 0 aromatic heterocycles. The lowest BCUT2D eigenvalue weighted by atomic mass is 10.1. The molecular formula is C15H20N2O3. The van der Waals surface area contributed by atoms with Crippen molar-refractivity contribution < 1.29 is 14.3 Å². The highest BCUT2D eigenvalue weighted by Crippen LogP contribution is 2.31.